The smallest absolute Gasteiger partial charge is 0.475 e. The average Bonchev–Trinajstić information content (AvgIpc) is 3.18. The highest BCUT2D eigenvalue weighted by Gasteiger charge is 2.38. The Morgan fingerprint density at radius 1 is 1.34 bits per heavy atom. The molecular formula is C18H13F4N3O4. The molecule has 1 aliphatic heterocycles. The maximum absolute atomic E-state index is 14.1. The molecule has 0 atom stereocenters. The molecule has 1 aromatic carbocycles. The van der Waals surface area contributed by atoms with Crippen molar-refractivity contribution in [2.24, 2.45) is 0 Å². The Bertz CT molecular complexity index is 1050. The Balaban J connectivity index is 0.000000370. The zero-order valence-electron chi connectivity index (χ0n) is 14.7. The lowest BCUT2D eigenvalue weighted by atomic mass is 9.99. The molecule has 0 unspecified atom stereocenters. The van der Waals surface area contributed by atoms with Gasteiger partial charge in [-0.25, -0.2) is 14.2 Å². The third-order valence-corrected chi connectivity index (χ3v) is 3.60. The van der Waals surface area contributed by atoms with Gasteiger partial charge in [0.2, 0.25) is 0 Å². The summed E-state index contributed by atoms with van der Waals surface area (Å²) in [5.74, 6) is 1.35. The highest BCUT2D eigenvalue weighted by Crippen LogP contribution is 2.36. The second-order valence-electron chi connectivity index (χ2n) is 5.53. The van der Waals surface area contributed by atoms with Crippen molar-refractivity contribution in [3.8, 4) is 11.8 Å². The minimum Gasteiger partial charge on any atom is -0.475 e. The highest BCUT2D eigenvalue weighted by molar-refractivity contribution is 6.35. The van der Waals surface area contributed by atoms with Crippen LogP contribution in [0.4, 0.5) is 23.2 Å². The van der Waals surface area contributed by atoms with Crippen molar-refractivity contribution >= 4 is 29.2 Å². The van der Waals surface area contributed by atoms with Crippen LogP contribution in [-0.4, -0.2) is 44.8 Å². The Hall–Kier alpha value is -3.65. The molecule has 0 bridgehead atoms. The number of hydrogen-bond acceptors (Lipinski definition) is 4. The van der Waals surface area contributed by atoms with Gasteiger partial charge < -0.3 is 20.5 Å². The Labute approximate surface area is 161 Å². The number of benzene rings is 1. The Morgan fingerprint density at radius 3 is 2.52 bits per heavy atom. The van der Waals surface area contributed by atoms with Crippen molar-refractivity contribution in [1.29, 1.82) is 0 Å². The number of aromatic amines is 1. The second kappa shape index (κ2) is 8.57. The number of halogens is 4. The number of carbonyl (C=O) groups excluding carboxylic acids is 1. The van der Waals surface area contributed by atoms with E-state index in [1.165, 1.54) is 18.5 Å². The number of carboxylic acid groups (broad SMARTS) is 1. The summed E-state index contributed by atoms with van der Waals surface area (Å²) >= 11 is 0. The zero-order valence-corrected chi connectivity index (χ0v) is 14.7. The number of amides is 1. The van der Waals surface area contributed by atoms with E-state index in [1.807, 2.05) is 6.92 Å². The second-order valence-corrected chi connectivity index (χ2v) is 5.53. The topological polar surface area (TPSA) is 115 Å². The molecule has 0 saturated carbocycles. The number of aliphatic hydroxyl groups excluding tert-OH is 1. The average molecular weight is 411 g/mol. The van der Waals surface area contributed by atoms with Crippen molar-refractivity contribution in [1.82, 2.24) is 9.97 Å². The molecule has 0 radical (unpaired) electrons. The number of rotatable bonds is 1. The van der Waals surface area contributed by atoms with E-state index in [1.54, 1.807) is 6.08 Å². The first-order valence-electron chi connectivity index (χ1n) is 7.82. The summed E-state index contributed by atoms with van der Waals surface area (Å²) < 4.78 is 45.8. The lowest BCUT2D eigenvalue weighted by molar-refractivity contribution is -0.192. The highest BCUT2D eigenvalue weighted by atomic mass is 19.4. The van der Waals surface area contributed by atoms with Crippen molar-refractivity contribution < 1.29 is 37.4 Å². The van der Waals surface area contributed by atoms with Gasteiger partial charge in [0.15, 0.2) is 0 Å². The number of anilines is 1. The van der Waals surface area contributed by atoms with Crippen LogP contribution in [0.3, 0.4) is 0 Å². The van der Waals surface area contributed by atoms with Gasteiger partial charge in [-0.3, -0.25) is 4.79 Å². The molecule has 29 heavy (non-hydrogen) atoms. The van der Waals surface area contributed by atoms with Crippen LogP contribution in [-0.2, 0) is 9.59 Å². The number of carbonyl (C=O) groups is 2. The van der Waals surface area contributed by atoms with E-state index in [-0.39, 0.29) is 18.1 Å². The normalized spacial score (nSPS) is 13.7. The van der Waals surface area contributed by atoms with Gasteiger partial charge in [0.25, 0.3) is 5.91 Å². The largest absolute Gasteiger partial charge is 0.490 e. The molecule has 0 saturated heterocycles. The Kier molecular flexibility index (Phi) is 6.40. The third-order valence-electron chi connectivity index (χ3n) is 3.60. The number of nitrogens with one attached hydrogen (secondary N) is 2. The lowest BCUT2D eigenvalue weighted by Crippen LogP contribution is -2.21. The number of aliphatic carboxylic acids is 1. The van der Waals surface area contributed by atoms with Gasteiger partial charge in [-0.2, -0.15) is 13.2 Å². The molecule has 2 heterocycles. The fourth-order valence-corrected chi connectivity index (χ4v) is 2.30. The summed E-state index contributed by atoms with van der Waals surface area (Å²) in [5, 5.41) is 18.6. The molecule has 2 aromatic rings. The van der Waals surface area contributed by atoms with Gasteiger partial charge in [0, 0.05) is 11.3 Å². The SMILES string of the molecule is Cc1[nH]cnc1C=C1C(=O)Nc2ccc(F)c(C#CCO)c21.O=C(O)C(F)(F)F. The van der Waals surface area contributed by atoms with Crippen LogP contribution < -0.4 is 5.32 Å². The maximum Gasteiger partial charge on any atom is 0.490 e. The van der Waals surface area contributed by atoms with E-state index in [4.69, 9.17) is 15.0 Å². The first-order chi connectivity index (χ1) is 13.6. The monoisotopic (exact) mass is 411 g/mol. The number of aromatic nitrogens is 2. The third kappa shape index (κ3) is 4.99. The van der Waals surface area contributed by atoms with E-state index in [0.29, 0.717) is 22.5 Å². The van der Waals surface area contributed by atoms with E-state index in [0.717, 1.165) is 5.69 Å². The standard InChI is InChI=1S/C16H12FN3O2.C2HF3O2/c1-9-14(19-8-18-9)7-11-15-10(3-2-6-21)12(17)4-5-13(15)20-16(11)22;3-2(4,5)1(6)7/h4-5,7-8,21H,6H2,1H3,(H,18,19)(H,20,22);(H,6,7). The summed E-state index contributed by atoms with van der Waals surface area (Å²) in [6, 6.07) is 2.73. The number of carboxylic acids is 1. The summed E-state index contributed by atoms with van der Waals surface area (Å²) in [6.45, 7) is 1.44. The first kappa shape index (κ1) is 21.6. The fraction of sp³-hybridized carbons (Fsp3) is 0.167. The van der Waals surface area contributed by atoms with Crippen molar-refractivity contribution in [2.75, 3.05) is 11.9 Å². The van der Waals surface area contributed by atoms with Crippen LogP contribution >= 0.6 is 0 Å². The van der Waals surface area contributed by atoms with E-state index >= 15 is 0 Å². The molecule has 0 fully saturated rings. The quantitative estimate of drug-likeness (QED) is 0.327. The van der Waals surface area contributed by atoms with Crippen LogP contribution in [0, 0.1) is 24.6 Å². The minimum absolute atomic E-state index is 0.0874. The number of alkyl halides is 3. The molecule has 1 aromatic heterocycles. The summed E-state index contributed by atoms with van der Waals surface area (Å²) in [6.07, 6.45) is -1.97. The number of fused-ring (bicyclic) bond motifs is 1. The van der Waals surface area contributed by atoms with Crippen molar-refractivity contribution in [3.63, 3.8) is 0 Å². The minimum atomic E-state index is -5.08. The number of H-pyrrole nitrogens is 1. The van der Waals surface area contributed by atoms with E-state index in [9.17, 15) is 22.4 Å². The molecule has 7 nitrogen and oxygen atoms in total. The summed E-state index contributed by atoms with van der Waals surface area (Å²) in [4.78, 5) is 28.1. The van der Waals surface area contributed by atoms with Gasteiger partial charge in [0.1, 0.15) is 12.4 Å². The van der Waals surface area contributed by atoms with Gasteiger partial charge in [-0.1, -0.05) is 11.8 Å². The Morgan fingerprint density at radius 2 is 2.00 bits per heavy atom. The molecule has 152 valence electrons. The fourth-order valence-electron chi connectivity index (χ4n) is 2.30. The number of hydrogen-bond donors (Lipinski definition) is 4. The lowest BCUT2D eigenvalue weighted by Gasteiger charge is -2.04. The molecule has 1 aliphatic rings. The first-order valence-corrected chi connectivity index (χ1v) is 7.82. The number of nitrogens with zero attached hydrogens (tertiary/aromatic N) is 1. The number of imidazole rings is 1. The molecule has 0 aliphatic carbocycles. The molecule has 0 spiro atoms. The summed E-state index contributed by atoms with van der Waals surface area (Å²) in [7, 11) is 0. The van der Waals surface area contributed by atoms with Gasteiger partial charge in [-0.05, 0) is 25.1 Å². The van der Waals surface area contributed by atoms with Crippen LogP contribution in [0.5, 0.6) is 0 Å². The van der Waals surface area contributed by atoms with E-state index < -0.39 is 18.0 Å². The van der Waals surface area contributed by atoms with Crippen LogP contribution in [0.1, 0.15) is 22.5 Å². The predicted octanol–water partition coefficient (Wildman–Crippen LogP) is 2.33. The molecule has 1 amide bonds. The predicted molar refractivity (Wildman–Crippen MR) is 93.9 cm³/mol. The zero-order chi connectivity index (χ0) is 21.8. The van der Waals surface area contributed by atoms with Crippen molar-refractivity contribution in [2.45, 2.75) is 13.1 Å². The number of aliphatic hydroxyl groups is 1. The molecule has 11 heteroatoms. The van der Waals surface area contributed by atoms with Gasteiger partial charge >= 0.3 is 12.1 Å². The molecular weight excluding hydrogens is 398 g/mol. The van der Waals surface area contributed by atoms with Crippen LogP contribution in [0.2, 0.25) is 0 Å². The van der Waals surface area contributed by atoms with Crippen molar-refractivity contribution in [3.05, 3.63) is 46.8 Å². The molecule has 3 rings (SSSR count). The van der Waals surface area contributed by atoms with E-state index in [2.05, 4.69) is 27.1 Å². The maximum atomic E-state index is 14.1. The van der Waals surface area contributed by atoms with Gasteiger partial charge in [0.05, 0.1) is 28.8 Å². The van der Waals surface area contributed by atoms with Crippen LogP contribution in [0.15, 0.2) is 18.5 Å². The summed E-state index contributed by atoms with van der Waals surface area (Å²) in [5.41, 5.74) is 2.68. The number of aryl methyl sites for hydroxylation is 1. The van der Waals surface area contributed by atoms with Gasteiger partial charge in [-0.15, -0.1) is 0 Å². The van der Waals surface area contributed by atoms with Crippen LogP contribution in [0.25, 0.3) is 11.6 Å². The molecule has 4 N–H and O–H groups in total.